The van der Waals surface area contributed by atoms with Gasteiger partial charge in [0.1, 0.15) is 0 Å². The van der Waals surface area contributed by atoms with Gasteiger partial charge in [-0.1, -0.05) is 18.2 Å². The number of carbonyl (C=O) groups is 3. The van der Waals surface area contributed by atoms with Gasteiger partial charge < -0.3 is 4.84 Å². The summed E-state index contributed by atoms with van der Waals surface area (Å²) in [4.78, 5) is 36.6. The van der Waals surface area contributed by atoms with E-state index in [1.165, 1.54) is 0 Å². The van der Waals surface area contributed by atoms with Gasteiger partial charge in [-0.05, 0) is 18.9 Å². The van der Waals surface area contributed by atoms with Crippen molar-refractivity contribution in [1.82, 2.24) is 5.48 Å². The summed E-state index contributed by atoms with van der Waals surface area (Å²) in [6, 6.07) is 7.47. The van der Waals surface area contributed by atoms with Gasteiger partial charge in [-0.15, -0.1) is 0 Å². The van der Waals surface area contributed by atoms with Crippen molar-refractivity contribution in [3.05, 3.63) is 29.8 Å². The molecule has 1 aliphatic heterocycles. The van der Waals surface area contributed by atoms with Crippen LogP contribution in [0.5, 0.6) is 5.75 Å². The number of benzene rings is 1. The zero-order valence-electron chi connectivity index (χ0n) is 10.5. The maximum atomic E-state index is 10.8. The predicted molar refractivity (Wildman–Crippen MR) is 67.4 cm³/mol. The topological polar surface area (TPSA) is 72.5 Å². The lowest BCUT2D eigenvalue weighted by Crippen LogP contribution is -2.32. The summed E-state index contributed by atoms with van der Waals surface area (Å²) >= 11 is 0. The van der Waals surface area contributed by atoms with Crippen LogP contribution in [0.1, 0.15) is 31.2 Å². The third kappa shape index (κ3) is 3.64. The molecule has 1 heterocycles. The number of hydrogen-bond acceptors (Lipinski definition) is 4. The summed E-state index contributed by atoms with van der Waals surface area (Å²) in [5, 5.41) is 0. The maximum absolute atomic E-state index is 10.8. The van der Waals surface area contributed by atoms with Crippen LogP contribution in [-0.4, -0.2) is 17.5 Å². The first-order valence-corrected chi connectivity index (χ1v) is 6.26. The standard InChI is InChI=1S/C8H7NO2.C6H8O2/c10-8-5-6-3-1-2-4-7(6)11-9-8;7-5-3-1-2-4-6(5)8/h1-4H,5H2,(H,9,10);1-4H2. The molecule has 0 bridgehead atoms. The second-order valence-corrected chi connectivity index (χ2v) is 4.47. The molecule has 1 aromatic carbocycles. The Morgan fingerprint density at radius 3 is 2.21 bits per heavy atom. The molecule has 0 radical (unpaired) electrons. The summed E-state index contributed by atoms with van der Waals surface area (Å²) < 4.78 is 0. The minimum Gasteiger partial charge on any atom is -0.379 e. The highest BCUT2D eigenvalue weighted by atomic mass is 16.7. The average molecular weight is 261 g/mol. The Kier molecular flexibility index (Phi) is 4.28. The molecular formula is C14H15NO4. The maximum Gasteiger partial charge on any atom is 0.257 e. The molecule has 1 N–H and O–H groups in total. The van der Waals surface area contributed by atoms with E-state index in [9.17, 15) is 14.4 Å². The number of carbonyl (C=O) groups excluding carboxylic acids is 3. The number of para-hydroxylation sites is 1. The van der Waals surface area contributed by atoms with Gasteiger partial charge >= 0.3 is 0 Å². The number of ketones is 2. The van der Waals surface area contributed by atoms with Gasteiger partial charge in [0.05, 0.1) is 6.42 Å². The smallest absolute Gasteiger partial charge is 0.257 e. The minimum absolute atomic E-state index is 0.0938. The summed E-state index contributed by atoms with van der Waals surface area (Å²) in [6.07, 6.45) is 3.20. The van der Waals surface area contributed by atoms with Crippen molar-refractivity contribution >= 4 is 17.5 Å². The number of hydrogen-bond donors (Lipinski definition) is 1. The van der Waals surface area contributed by atoms with E-state index >= 15 is 0 Å². The molecule has 1 aromatic rings. The molecule has 0 unspecified atom stereocenters. The predicted octanol–water partition coefficient (Wildman–Crippen LogP) is 1.35. The monoisotopic (exact) mass is 261 g/mol. The van der Waals surface area contributed by atoms with Crippen molar-refractivity contribution in [1.29, 1.82) is 0 Å². The van der Waals surface area contributed by atoms with Gasteiger partial charge in [-0.2, -0.15) is 5.48 Å². The Bertz CT molecular complexity index is 494. The lowest BCUT2D eigenvalue weighted by molar-refractivity contribution is -0.137. The number of Topliss-reactive ketones (excluding diaryl/α,β-unsaturated/α-hetero) is 2. The molecule has 0 spiro atoms. The Labute approximate surface area is 110 Å². The van der Waals surface area contributed by atoms with Crippen molar-refractivity contribution in [3.63, 3.8) is 0 Å². The van der Waals surface area contributed by atoms with Crippen molar-refractivity contribution in [2.24, 2.45) is 0 Å². The van der Waals surface area contributed by atoms with Gasteiger partial charge in [0, 0.05) is 18.4 Å². The van der Waals surface area contributed by atoms with Gasteiger partial charge in [0.2, 0.25) is 0 Å². The molecule has 0 aromatic heterocycles. The number of rotatable bonds is 0. The first-order valence-electron chi connectivity index (χ1n) is 6.26. The number of fused-ring (bicyclic) bond motifs is 1. The molecule has 3 rings (SSSR count). The van der Waals surface area contributed by atoms with Crippen LogP contribution in [0.4, 0.5) is 0 Å². The zero-order valence-corrected chi connectivity index (χ0v) is 10.5. The summed E-state index contributed by atoms with van der Waals surface area (Å²) in [6.45, 7) is 0. The molecule has 5 heteroatoms. The van der Waals surface area contributed by atoms with E-state index in [4.69, 9.17) is 4.84 Å². The number of nitrogens with one attached hydrogen (secondary N) is 1. The summed E-state index contributed by atoms with van der Waals surface area (Å²) in [7, 11) is 0. The van der Waals surface area contributed by atoms with Crippen LogP contribution in [0.15, 0.2) is 24.3 Å². The molecule has 5 nitrogen and oxygen atoms in total. The van der Waals surface area contributed by atoms with Gasteiger partial charge in [0.25, 0.3) is 5.91 Å². The SMILES string of the molecule is O=C1CCCCC1=O.O=C1Cc2ccccc2ON1. The fourth-order valence-corrected chi connectivity index (χ4v) is 1.92. The first-order chi connectivity index (χ1) is 9.16. The average Bonchev–Trinajstić information content (AvgIpc) is 2.43. The molecule has 1 amide bonds. The van der Waals surface area contributed by atoms with E-state index in [1.807, 2.05) is 24.3 Å². The molecule has 19 heavy (non-hydrogen) atoms. The van der Waals surface area contributed by atoms with Gasteiger partial charge in [-0.3, -0.25) is 14.4 Å². The van der Waals surface area contributed by atoms with Crippen LogP contribution in [0, 0.1) is 0 Å². The molecule has 100 valence electrons. The number of amides is 1. The van der Waals surface area contributed by atoms with E-state index < -0.39 is 0 Å². The van der Waals surface area contributed by atoms with Crippen molar-refractivity contribution in [3.8, 4) is 5.75 Å². The molecular weight excluding hydrogens is 246 g/mol. The first kappa shape index (κ1) is 13.3. The van der Waals surface area contributed by atoms with Crippen LogP contribution in [0.25, 0.3) is 0 Å². The molecule has 2 aliphatic rings. The number of hydroxylamine groups is 1. The quantitative estimate of drug-likeness (QED) is 0.715. The molecule has 1 fully saturated rings. The summed E-state index contributed by atoms with van der Waals surface area (Å²) in [5.74, 6) is 0.309. The van der Waals surface area contributed by atoms with E-state index in [2.05, 4.69) is 5.48 Å². The Hall–Kier alpha value is -2.17. The second-order valence-electron chi connectivity index (χ2n) is 4.47. The van der Waals surface area contributed by atoms with E-state index in [-0.39, 0.29) is 17.5 Å². The largest absolute Gasteiger partial charge is 0.379 e. The van der Waals surface area contributed by atoms with Crippen molar-refractivity contribution in [2.75, 3.05) is 0 Å². The molecule has 1 aliphatic carbocycles. The highest BCUT2D eigenvalue weighted by Gasteiger charge is 2.17. The van der Waals surface area contributed by atoms with Crippen molar-refractivity contribution in [2.45, 2.75) is 32.1 Å². The highest BCUT2D eigenvalue weighted by Crippen LogP contribution is 2.19. The zero-order chi connectivity index (χ0) is 13.7. The molecule has 0 atom stereocenters. The van der Waals surface area contributed by atoms with E-state index in [0.717, 1.165) is 24.2 Å². The lowest BCUT2D eigenvalue weighted by Gasteiger charge is -2.15. The van der Waals surface area contributed by atoms with Crippen LogP contribution >= 0.6 is 0 Å². The molecule has 1 saturated carbocycles. The Morgan fingerprint density at radius 1 is 0.947 bits per heavy atom. The van der Waals surface area contributed by atoms with Crippen LogP contribution in [0.3, 0.4) is 0 Å². The van der Waals surface area contributed by atoms with E-state index in [1.54, 1.807) is 0 Å². The van der Waals surface area contributed by atoms with Crippen molar-refractivity contribution < 1.29 is 19.2 Å². The normalized spacial score (nSPS) is 17.6. The lowest BCUT2D eigenvalue weighted by atomic mass is 9.98. The van der Waals surface area contributed by atoms with Gasteiger partial charge in [0.15, 0.2) is 17.3 Å². The fraction of sp³-hybridized carbons (Fsp3) is 0.357. The van der Waals surface area contributed by atoms with Crippen LogP contribution < -0.4 is 10.3 Å². The van der Waals surface area contributed by atoms with Crippen LogP contribution in [-0.2, 0) is 20.8 Å². The minimum atomic E-state index is -0.170. The van der Waals surface area contributed by atoms with E-state index in [0.29, 0.717) is 19.3 Å². The van der Waals surface area contributed by atoms with Crippen LogP contribution in [0.2, 0.25) is 0 Å². The summed E-state index contributed by atoms with van der Waals surface area (Å²) in [5.41, 5.74) is 3.24. The third-order valence-corrected chi connectivity index (χ3v) is 2.97. The molecule has 0 saturated heterocycles. The van der Waals surface area contributed by atoms with Gasteiger partial charge in [-0.25, -0.2) is 0 Å². The third-order valence-electron chi connectivity index (χ3n) is 2.97. The second kappa shape index (κ2) is 6.13. The Morgan fingerprint density at radius 2 is 1.58 bits per heavy atom. The fourth-order valence-electron chi connectivity index (χ4n) is 1.92. The highest BCUT2D eigenvalue weighted by molar-refractivity contribution is 6.37. The Balaban J connectivity index is 0.000000148.